The van der Waals surface area contributed by atoms with Crippen molar-refractivity contribution in [1.29, 1.82) is 0 Å². The Labute approximate surface area is 178 Å². The van der Waals surface area contributed by atoms with Crippen molar-refractivity contribution >= 4 is 34.3 Å². The minimum atomic E-state index is -0.888. The summed E-state index contributed by atoms with van der Waals surface area (Å²) >= 11 is 7.18. The zero-order chi connectivity index (χ0) is 21.4. The predicted molar refractivity (Wildman–Crippen MR) is 110 cm³/mol. The first-order valence-corrected chi connectivity index (χ1v) is 10.3. The number of aromatic nitrogens is 4. The maximum absolute atomic E-state index is 14.6. The van der Waals surface area contributed by atoms with Crippen molar-refractivity contribution in [3.8, 4) is 5.69 Å². The number of hydrogen-bond acceptors (Lipinski definition) is 6. The molecular formula is C20H15ClF2N4O2S. The fraction of sp³-hybridized carbons (Fsp3) is 0.200. The number of hydrogen-bond donors (Lipinski definition) is 0. The van der Waals surface area contributed by atoms with Crippen LogP contribution < -0.4 is 5.56 Å². The normalized spacial score (nSPS) is 12.4. The lowest BCUT2D eigenvalue weighted by molar-refractivity contribution is 0.375. The summed E-state index contributed by atoms with van der Waals surface area (Å²) in [7, 11) is 0. The molecule has 1 unspecified atom stereocenters. The van der Waals surface area contributed by atoms with Gasteiger partial charge in [-0.15, -0.1) is 0 Å². The summed E-state index contributed by atoms with van der Waals surface area (Å²) in [5, 5.41) is 4.26. The molecule has 6 nitrogen and oxygen atoms in total. The van der Waals surface area contributed by atoms with Gasteiger partial charge in [-0.25, -0.2) is 13.8 Å². The highest BCUT2D eigenvalue weighted by Gasteiger charge is 2.22. The Kier molecular flexibility index (Phi) is 5.57. The Hall–Kier alpha value is -2.78. The highest BCUT2D eigenvalue weighted by molar-refractivity contribution is 7.99. The lowest BCUT2D eigenvalue weighted by Crippen LogP contribution is -2.23. The van der Waals surface area contributed by atoms with Gasteiger partial charge in [0.15, 0.2) is 11.0 Å². The fourth-order valence-corrected chi connectivity index (χ4v) is 4.00. The van der Waals surface area contributed by atoms with Crippen molar-refractivity contribution in [3.63, 3.8) is 0 Å². The van der Waals surface area contributed by atoms with E-state index in [0.717, 1.165) is 22.4 Å². The van der Waals surface area contributed by atoms with Gasteiger partial charge in [-0.3, -0.25) is 9.36 Å². The Morgan fingerprint density at radius 1 is 1.20 bits per heavy atom. The molecule has 0 aliphatic heterocycles. The van der Waals surface area contributed by atoms with Gasteiger partial charge in [-0.2, -0.15) is 4.98 Å². The van der Waals surface area contributed by atoms with Crippen molar-refractivity contribution in [1.82, 2.24) is 19.7 Å². The highest BCUT2D eigenvalue weighted by Crippen LogP contribution is 2.34. The van der Waals surface area contributed by atoms with Gasteiger partial charge in [0, 0.05) is 17.5 Å². The van der Waals surface area contributed by atoms with Gasteiger partial charge in [-0.05, 0) is 37.3 Å². The van der Waals surface area contributed by atoms with Gasteiger partial charge in [0.2, 0.25) is 5.89 Å². The zero-order valence-electron chi connectivity index (χ0n) is 15.9. The molecule has 2 heterocycles. The van der Waals surface area contributed by atoms with E-state index < -0.39 is 17.2 Å². The smallest absolute Gasteiger partial charge is 0.266 e. The average molecular weight is 449 g/mol. The first-order chi connectivity index (χ1) is 14.4. The molecule has 0 saturated heterocycles. The van der Waals surface area contributed by atoms with Crippen LogP contribution in [-0.2, 0) is 6.42 Å². The van der Waals surface area contributed by atoms with E-state index in [1.54, 1.807) is 19.1 Å². The summed E-state index contributed by atoms with van der Waals surface area (Å²) in [5.41, 5.74) is -0.245. The number of rotatable bonds is 5. The second-order valence-corrected chi connectivity index (χ2v) is 8.20. The Morgan fingerprint density at radius 3 is 2.70 bits per heavy atom. The van der Waals surface area contributed by atoms with Crippen molar-refractivity contribution in [3.05, 3.63) is 75.1 Å². The molecule has 4 aromatic rings. The van der Waals surface area contributed by atoms with Crippen LogP contribution in [0.1, 0.15) is 30.8 Å². The van der Waals surface area contributed by atoms with E-state index in [1.165, 1.54) is 12.1 Å². The van der Waals surface area contributed by atoms with Gasteiger partial charge in [0.25, 0.3) is 5.56 Å². The molecule has 30 heavy (non-hydrogen) atoms. The van der Waals surface area contributed by atoms with Crippen LogP contribution >= 0.6 is 23.4 Å². The summed E-state index contributed by atoms with van der Waals surface area (Å²) in [4.78, 5) is 22.1. The summed E-state index contributed by atoms with van der Waals surface area (Å²) in [5.74, 6) is -0.726. The maximum atomic E-state index is 14.6. The summed E-state index contributed by atoms with van der Waals surface area (Å²) < 4.78 is 34.4. The van der Waals surface area contributed by atoms with Crippen LogP contribution in [0.4, 0.5) is 8.78 Å². The van der Waals surface area contributed by atoms with E-state index in [4.69, 9.17) is 16.1 Å². The molecule has 10 heteroatoms. The van der Waals surface area contributed by atoms with Crippen LogP contribution in [0.5, 0.6) is 0 Å². The Balaban J connectivity index is 1.90. The van der Waals surface area contributed by atoms with E-state index in [-0.39, 0.29) is 21.5 Å². The number of nitrogens with zero attached hydrogens (tertiary/aromatic N) is 4. The Bertz CT molecular complexity index is 1310. The zero-order valence-corrected chi connectivity index (χ0v) is 17.5. The second kappa shape index (κ2) is 8.16. The lowest BCUT2D eigenvalue weighted by Gasteiger charge is -2.15. The van der Waals surface area contributed by atoms with Crippen LogP contribution in [0.2, 0.25) is 5.02 Å². The van der Waals surface area contributed by atoms with E-state index >= 15 is 0 Å². The van der Waals surface area contributed by atoms with Gasteiger partial charge in [0.1, 0.15) is 11.6 Å². The van der Waals surface area contributed by atoms with E-state index in [9.17, 15) is 13.6 Å². The van der Waals surface area contributed by atoms with Gasteiger partial charge in [0.05, 0.1) is 21.8 Å². The molecule has 0 bridgehead atoms. The SMILES string of the molecule is CCc1noc(C(C)Sc2nc3ccc(Cl)cc3c(=O)n2-c2ccc(F)cc2F)n1. The van der Waals surface area contributed by atoms with Gasteiger partial charge >= 0.3 is 0 Å². The molecule has 0 spiro atoms. The summed E-state index contributed by atoms with van der Waals surface area (Å²) in [6, 6.07) is 7.68. The predicted octanol–water partition coefficient (Wildman–Crippen LogP) is 5.12. The van der Waals surface area contributed by atoms with Crippen LogP contribution in [0.15, 0.2) is 50.9 Å². The van der Waals surface area contributed by atoms with Crippen LogP contribution in [-0.4, -0.2) is 19.7 Å². The molecule has 4 rings (SSSR count). The van der Waals surface area contributed by atoms with E-state index in [2.05, 4.69) is 15.1 Å². The van der Waals surface area contributed by atoms with Crippen molar-refractivity contribution in [2.45, 2.75) is 30.7 Å². The minimum absolute atomic E-state index is 0.120. The van der Waals surface area contributed by atoms with Crippen molar-refractivity contribution < 1.29 is 13.3 Å². The molecule has 154 valence electrons. The third-order valence-corrected chi connectivity index (χ3v) is 5.66. The molecule has 1 atom stereocenters. The molecule has 2 aromatic heterocycles. The first-order valence-electron chi connectivity index (χ1n) is 9.04. The van der Waals surface area contributed by atoms with Gasteiger partial charge in [-0.1, -0.05) is 35.4 Å². The Morgan fingerprint density at radius 2 is 2.00 bits per heavy atom. The molecule has 0 N–H and O–H groups in total. The number of halogens is 3. The van der Waals surface area contributed by atoms with E-state index in [0.29, 0.717) is 34.7 Å². The topological polar surface area (TPSA) is 73.8 Å². The summed E-state index contributed by atoms with van der Waals surface area (Å²) in [6.07, 6.45) is 0.612. The quantitative estimate of drug-likeness (QED) is 0.312. The first kappa shape index (κ1) is 20.5. The van der Waals surface area contributed by atoms with Gasteiger partial charge < -0.3 is 4.52 Å². The van der Waals surface area contributed by atoms with Crippen molar-refractivity contribution in [2.75, 3.05) is 0 Å². The van der Waals surface area contributed by atoms with Crippen molar-refractivity contribution in [2.24, 2.45) is 0 Å². The number of benzene rings is 2. The average Bonchev–Trinajstić information content (AvgIpc) is 3.19. The molecule has 0 aliphatic carbocycles. The number of thioether (sulfide) groups is 1. The molecular weight excluding hydrogens is 434 g/mol. The molecule has 0 fully saturated rings. The summed E-state index contributed by atoms with van der Waals surface area (Å²) in [6.45, 7) is 3.71. The molecule has 0 aliphatic rings. The highest BCUT2D eigenvalue weighted by atomic mass is 35.5. The number of fused-ring (bicyclic) bond motifs is 1. The lowest BCUT2D eigenvalue weighted by atomic mass is 10.2. The number of aryl methyl sites for hydroxylation is 1. The maximum Gasteiger partial charge on any atom is 0.266 e. The largest absolute Gasteiger partial charge is 0.338 e. The van der Waals surface area contributed by atoms with Crippen LogP contribution in [0.3, 0.4) is 0 Å². The molecule has 0 amide bonds. The standard InChI is InChI=1S/C20H15ClF2N4O2S/c1-3-17-25-18(29-26-17)10(2)30-20-24-15-6-4-11(21)8-13(15)19(28)27(20)16-7-5-12(22)9-14(16)23/h4-10H,3H2,1-2H3. The third-order valence-electron chi connectivity index (χ3n) is 4.38. The monoisotopic (exact) mass is 448 g/mol. The molecule has 2 aromatic carbocycles. The fourth-order valence-electron chi connectivity index (χ4n) is 2.88. The van der Waals surface area contributed by atoms with E-state index in [1.807, 2.05) is 6.92 Å². The van der Waals surface area contributed by atoms with Crippen LogP contribution in [0.25, 0.3) is 16.6 Å². The molecule has 0 radical (unpaired) electrons. The third kappa shape index (κ3) is 3.82. The van der Waals surface area contributed by atoms with Crippen LogP contribution in [0, 0.1) is 11.6 Å². The minimum Gasteiger partial charge on any atom is -0.338 e. The molecule has 0 saturated carbocycles. The second-order valence-electron chi connectivity index (χ2n) is 6.45.